The Kier molecular flexibility index (Phi) is 9.84. The number of anilines is 2. The molecule has 13 heteroatoms. The van der Waals surface area contributed by atoms with E-state index in [9.17, 15) is 9.90 Å². The number of ether oxygens (including phenoxy) is 4. The molecule has 3 aromatic carbocycles. The quantitative estimate of drug-likeness (QED) is 0.208. The average molecular weight is 733 g/mol. The van der Waals surface area contributed by atoms with E-state index in [0.717, 1.165) is 31.6 Å². The lowest BCUT2D eigenvalue weighted by molar-refractivity contribution is 0.0193. The van der Waals surface area contributed by atoms with Crippen LogP contribution in [0.2, 0.25) is 0 Å². The molecule has 0 radical (unpaired) electrons. The molecular weight excluding hydrogens is 688 g/mol. The number of methoxy groups -OCH3 is 1. The number of aromatic nitrogens is 3. The Morgan fingerprint density at radius 1 is 0.963 bits per heavy atom. The van der Waals surface area contributed by atoms with Gasteiger partial charge in [0.05, 0.1) is 49.4 Å². The number of morpholine rings is 1. The Balaban J connectivity index is 1.19. The minimum Gasteiger partial charge on any atom is -0.508 e. The van der Waals surface area contributed by atoms with Gasteiger partial charge in [-0.2, -0.15) is 5.10 Å². The smallest absolute Gasteiger partial charge is 0.264 e. The maximum absolute atomic E-state index is 15.0. The van der Waals surface area contributed by atoms with Crippen molar-refractivity contribution in [1.29, 1.82) is 0 Å². The van der Waals surface area contributed by atoms with Crippen molar-refractivity contribution in [3.63, 3.8) is 0 Å². The van der Waals surface area contributed by atoms with Crippen molar-refractivity contribution >= 4 is 23.2 Å². The molecule has 3 aliphatic rings. The molecule has 1 N–H and O–H groups in total. The molecular formula is C41H44N6O7. The highest BCUT2D eigenvalue weighted by Gasteiger charge is 2.35. The van der Waals surface area contributed by atoms with E-state index in [4.69, 9.17) is 18.9 Å². The van der Waals surface area contributed by atoms with Gasteiger partial charge >= 0.3 is 0 Å². The second kappa shape index (κ2) is 15.0. The van der Waals surface area contributed by atoms with Crippen LogP contribution in [0.25, 0.3) is 11.3 Å². The topological polar surface area (TPSA) is 124 Å². The van der Waals surface area contributed by atoms with E-state index in [1.54, 1.807) is 59.4 Å². The molecule has 280 valence electrons. The highest BCUT2D eigenvalue weighted by molar-refractivity contribution is 6.12. The first-order valence-corrected chi connectivity index (χ1v) is 18.2. The number of fused-ring (bicyclic) bond motifs is 2. The maximum atomic E-state index is 15.0. The molecule has 0 bridgehead atoms. The number of phenols is 1. The molecule has 5 heterocycles. The van der Waals surface area contributed by atoms with Crippen LogP contribution < -0.4 is 14.4 Å². The summed E-state index contributed by atoms with van der Waals surface area (Å²) in [5.74, 6) is 0.728. The van der Waals surface area contributed by atoms with Crippen LogP contribution in [0, 0.1) is 6.92 Å². The van der Waals surface area contributed by atoms with Crippen LogP contribution in [0.15, 0.2) is 79.1 Å². The zero-order valence-electron chi connectivity index (χ0n) is 30.7. The summed E-state index contributed by atoms with van der Waals surface area (Å²) in [7, 11) is 3.52. The van der Waals surface area contributed by atoms with E-state index in [1.165, 1.54) is 5.56 Å². The van der Waals surface area contributed by atoms with Crippen molar-refractivity contribution in [2.75, 3.05) is 58.3 Å². The number of rotatable bonds is 10. The van der Waals surface area contributed by atoms with E-state index in [-0.39, 0.29) is 30.4 Å². The largest absolute Gasteiger partial charge is 0.508 e. The van der Waals surface area contributed by atoms with Crippen molar-refractivity contribution in [3.05, 3.63) is 107 Å². The van der Waals surface area contributed by atoms with Crippen LogP contribution in [0.4, 0.5) is 11.4 Å². The van der Waals surface area contributed by atoms with Crippen molar-refractivity contribution < 1.29 is 33.6 Å². The van der Waals surface area contributed by atoms with Crippen LogP contribution in [0.5, 0.6) is 17.2 Å². The second-order valence-corrected chi connectivity index (χ2v) is 13.9. The predicted octanol–water partition coefficient (Wildman–Crippen LogP) is 5.16. The first-order valence-electron chi connectivity index (χ1n) is 18.2. The van der Waals surface area contributed by atoms with Gasteiger partial charge in [0, 0.05) is 75.2 Å². The first kappa shape index (κ1) is 35.4. The second-order valence-electron chi connectivity index (χ2n) is 13.9. The summed E-state index contributed by atoms with van der Waals surface area (Å²) in [4.78, 5) is 35.7. The molecule has 8 rings (SSSR count). The minimum absolute atomic E-state index is 0.0543. The van der Waals surface area contributed by atoms with Gasteiger partial charge in [-0.25, -0.2) is 0 Å². The molecule has 0 aliphatic carbocycles. The summed E-state index contributed by atoms with van der Waals surface area (Å²) in [5, 5.41) is 14.5. The van der Waals surface area contributed by atoms with Gasteiger partial charge in [-0.15, -0.1) is 0 Å². The number of carbonyl (C=O) groups excluding carboxylic acids is 2. The number of hydrogen-bond donors (Lipinski definition) is 1. The number of benzene rings is 3. The monoisotopic (exact) mass is 732 g/mol. The van der Waals surface area contributed by atoms with Gasteiger partial charge in [-0.3, -0.25) is 24.1 Å². The molecule has 1 fully saturated rings. The van der Waals surface area contributed by atoms with Gasteiger partial charge in [0.25, 0.3) is 11.8 Å². The van der Waals surface area contributed by atoms with Crippen LogP contribution in [-0.4, -0.2) is 100 Å². The lowest BCUT2D eigenvalue weighted by Gasteiger charge is -2.40. The number of phenolic OH excluding ortho intramolecular Hbond substituents is 1. The number of carbonyl (C=O) groups is 2. The SMILES string of the molecule is COCCn1cc(N(C(=O)c2cc(-c3cc4c(cc3C(=O)N3Cc5ccccc5C[C@H]3CN3CCOCC3)OCO4)n(C)c2C)c2ccc(O)cc2)cn1. The number of aromatic hydroxyl groups is 1. The molecule has 0 unspecified atom stereocenters. The molecule has 5 aromatic rings. The van der Waals surface area contributed by atoms with Gasteiger partial charge in [0.2, 0.25) is 6.79 Å². The summed E-state index contributed by atoms with van der Waals surface area (Å²) in [6.45, 7) is 7.14. The molecule has 0 saturated carbocycles. The highest BCUT2D eigenvalue weighted by Crippen LogP contribution is 2.42. The normalized spacial score (nSPS) is 16.7. The van der Waals surface area contributed by atoms with E-state index in [2.05, 4.69) is 28.2 Å². The highest BCUT2D eigenvalue weighted by atomic mass is 16.7. The third kappa shape index (κ3) is 6.81. The van der Waals surface area contributed by atoms with Crippen molar-refractivity contribution in [1.82, 2.24) is 24.1 Å². The summed E-state index contributed by atoms with van der Waals surface area (Å²) in [6, 6.07) is 20.2. The molecule has 0 spiro atoms. The van der Waals surface area contributed by atoms with E-state index >= 15 is 4.79 Å². The van der Waals surface area contributed by atoms with Crippen LogP contribution in [0.1, 0.15) is 37.5 Å². The van der Waals surface area contributed by atoms with Gasteiger partial charge in [0.1, 0.15) is 5.75 Å². The minimum atomic E-state index is -0.293. The predicted molar refractivity (Wildman–Crippen MR) is 201 cm³/mol. The molecule has 1 atom stereocenters. The average Bonchev–Trinajstić information content (AvgIpc) is 3.93. The van der Waals surface area contributed by atoms with Crippen LogP contribution >= 0.6 is 0 Å². The van der Waals surface area contributed by atoms with Crippen molar-refractivity contribution in [3.8, 4) is 28.5 Å². The third-order valence-corrected chi connectivity index (χ3v) is 10.7. The van der Waals surface area contributed by atoms with Crippen molar-refractivity contribution in [2.24, 2.45) is 7.05 Å². The standard InChI is InChI=1S/C41H44N6O7/c1-27-34(41(50)47(30-8-10-33(48)11-9-30)32-22-42-45(25-32)14-15-51-3)19-37(43(27)2)35-20-38-39(54-26-53-38)21-36(35)40(49)46-23-29-7-5-4-6-28(29)18-31(46)24-44-12-16-52-17-13-44/h4-11,19-22,25,31,48H,12-18,23-24,26H2,1-3H3/t31-/m0/s1. The molecule has 13 nitrogen and oxygen atoms in total. The van der Waals surface area contributed by atoms with E-state index in [1.807, 2.05) is 41.6 Å². The Morgan fingerprint density at radius 3 is 2.46 bits per heavy atom. The Hall–Kier alpha value is -5.63. The number of hydrogen-bond acceptors (Lipinski definition) is 9. The molecule has 1 saturated heterocycles. The number of amides is 2. The number of nitrogens with zero attached hydrogens (tertiary/aromatic N) is 6. The van der Waals surface area contributed by atoms with Crippen LogP contribution in [0.3, 0.4) is 0 Å². The third-order valence-electron chi connectivity index (χ3n) is 10.7. The molecule has 2 amide bonds. The fraction of sp³-hybridized carbons (Fsp3) is 0.341. The molecule has 54 heavy (non-hydrogen) atoms. The Morgan fingerprint density at radius 2 is 1.70 bits per heavy atom. The van der Waals surface area contributed by atoms with Crippen LogP contribution in [-0.2, 0) is 36.0 Å². The van der Waals surface area contributed by atoms with Gasteiger partial charge in [-0.05, 0) is 66.9 Å². The van der Waals surface area contributed by atoms with Gasteiger partial charge in [-0.1, -0.05) is 24.3 Å². The summed E-state index contributed by atoms with van der Waals surface area (Å²) >= 11 is 0. The Labute approximate surface area is 313 Å². The van der Waals surface area contributed by atoms with Gasteiger partial charge in [0.15, 0.2) is 11.5 Å². The van der Waals surface area contributed by atoms with Crippen molar-refractivity contribution in [2.45, 2.75) is 32.5 Å². The first-order chi connectivity index (χ1) is 26.3. The summed E-state index contributed by atoms with van der Waals surface area (Å²) in [6.07, 6.45) is 4.18. The van der Waals surface area contributed by atoms with E-state index < -0.39 is 0 Å². The fourth-order valence-electron chi connectivity index (χ4n) is 7.61. The zero-order chi connectivity index (χ0) is 37.3. The molecule has 2 aromatic heterocycles. The lowest BCUT2D eigenvalue weighted by atomic mass is 9.92. The lowest BCUT2D eigenvalue weighted by Crippen LogP contribution is -2.52. The summed E-state index contributed by atoms with van der Waals surface area (Å²) in [5.41, 5.74) is 6.45. The van der Waals surface area contributed by atoms with Gasteiger partial charge < -0.3 is 33.5 Å². The Bertz CT molecular complexity index is 2170. The van der Waals surface area contributed by atoms with E-state index in [0.29, 0.717) is 83.9 Å². The maximum Gasteiger partial charge on any atom is 0.264 e. The fourth-order valence-corrected chi connectivity index (χ4v) is 7.61. The molecule has 3 aliphatic heterocycles. The summed E-state index contributed by atoms with van der Waals surface area (Å²) < 4.78 is 26.2. The zero-order valence-corrected chi connectivity index (χ0v) is 30.7.